The molecular weight excluding hydrogens is 1390 g/mol. The van der Waals surface area contributed by atoms with Crippen molar-refractivity contribution < 1.29 is 9.47 Å². The molecule has 0 aromatic heterocycles. The van der Waals surface area contributed by atoms with Crippen molar-refractivity contribution in [2.75, 3.05) is 51.7 Å². The number of nitrogens with one attached hydrogen (secondary N) is 1. The molecule has 9 aliphatic heterocycles. The van der Waals surface area contributed by atoms with E-state index in [4.69, 9.17) is 9.47 Å². The summed E-state index contributed by atoms with van der Waals surface area (Å²) in [6.07, 6.45) is 6.78. The molecule has 504 valence electrons. The van der Waals surface area contributed by atoms with Gasteiger partial charge in [0, 0.05) is 93.5 Å². The van der Waals surface area contributed by atoms with Crippen LogP contribution < -0.4 is 123 Å². The zero-order valence-electron chi connectivity index (χ0n) is 59.7. The third-order valence-corrected chi connectivity index (χ3v) is 37.4. The van der Waals surface area contributed by atoms with Crippen LogP contribution >= 0.6 is 35.8 Å². The first-order valence-corrected chi connectivity index (χ1v) is 49.0. The van der Waals surface area contributed by atoms with E-state index in [2.05, 4.69) is 346 Å². The van der Waals surface area contributed by atoms with Crippen LogP contribution in [-0.2, 0) is 0 Å². The van der Waals surface area contributed by atoms with Crippen molar-refractivity contribution in [1.82, 2.24) is 0 Å². The Bertz CT molecular complexity index is 5910. The summed E-state index contributed by atoms with van der Waals surface area (Å²) in [7, 11) is -6.30. The number of rotatable bonds is 6. The Hall–Kier alpha value is -10.0. The second-order valence-electron chi connectivity index (χ2n) is 30.8. The van der Waals surface area contributed by atoms with Gasteiger partial charge in [-0.05, 0) is 201 Å². The number of ether oxygens (including phenoxy) is 2. The number of hydrogen-bond acceptors (Lipinski definition) is 12. The summed E-state index contributed by atoms with van der Waals surface area (Å²) in [4.78, 5) is 7.59. The van der Waals surface area contributed by atoms with Gasteiger partial charge >= 0.3 is 0 Å². The molecule has 0 saturated carbocycles. The fraction of sp³-hybridized carbons (Fsp3) is 0.103. The molecule has 0 amide bonds. The molecule has 0 radical (unpaired) electrons. The molecule has 13 aromatic carbocycles. The van der Waals surface area contributed by atoms with Crippen molar-refractivity contribution in [3.8, 4) is 23.0 Å². The summed E-state index contributed by atoms with van der Waals surface area (Å²) in [5.41, 5.74) is 31.0. The summed E-state index contributed by atoms with van der Waals surface area (Å²) in [6.45, 7) is 14.6. The molecule has 18 heteroatoms. The van der Waals surface area contributed by atoms with Crippen molar-refractivity contribution in [3.63, 3.8) is 0 Å². The first kappa shape index (κ1) is 62.3. The van der Waals surface area contributed by atoms with E-state index in [-0.39, 0.29) is 20.1 Å². The summed E-state index contributed by atoms with van der Waals surface area (Å²) in [5, 5.41) is 12.8. The second-order valence-corrected chi connectivity index (χ2v) is 45.9. The second kappa shape index (κ2) is 22.3. The van der Waals surface area contributed by atoms with Gasteiger partial charge in [-0.3, -0.25) is 12.9 Å². The number of nitrogens with zero attached hydrogens (tertiary/aromatic N) is 6. The van der Waals surface area contributed by atoms with Gasteiger partial charge in [0.05, 0.1) is 34.1 Å². The standard InChI is InChI=1S/C87H70B3N7O2S3Si3/c1-100-95-69-50-61-57(88-55-26-10-18-34-75(55)98-77-46-52(42-62(91-61)85(77)88)92-63-28-12-20-36-79(63)103(4,5)80-37-21-13-29-64(80)92)48-58(69)90-60-49-59-70(51-71(60)96(101-2)73-44-53(43-72(95)86(73)90)93-65-30-14-22-38-81(65)104(6,7)82-39-23-15-31-66(82)93)97(102-3)74-45-54(47-78-87(74)89(59)56-27-11-19-35-76(56)99-78)94-67-32-16-24-40-83(67)105(8,9)84-41-25-17-33-68(84)94/h10-51,91H,1-9H3. The Labute approximate surface area is 630 Å². The van der Waals surface area contributed by atoms with E-state index in [0.717, 1.165) is 62.6 Å². The Morgan fingerprint density at radius 3 is 0.990 bits per heavy atom. The van der Waals surface area contributed by atoms with E-state index in [1.807, 2.05) is 0 Å². The smallest absolute Gasteiger partial charge is 0.256 e. The molecule has 0 bridgehead atoms. The highest BCUT2D eigenvalue weighted by Gasteiger charge is 2.52. The van der Waals surface area contributed by atoms with E-state index in [1.54, 1.807) is 35.8 Å². The van der Waals surface area contributed by atoms with Crippen LogP contribution in [0.3, 0.4) is 0 Å². The van der Waals surface area contributed by atoms with Gasteiger partial charge < -0.3 is 29.5 Å². The van der Waals surface area contributed by atoms with Crippen LogP contribution in [0.2, 0.25) is 39.3 Å². The molecule has 0 atom stereocenters. The van der Waals surface area contributed by atoms with Gasteiger partial charge in [0.2, 0.25) is 0 Å². The molecule has 22 rings (SSSR count). The van der Waals surface area contributed by atoms with Gasteiger partial charge in [0.1, 0.15) is 47.2 Å². The van der Waals surface area contributed by atoms with E-state index in [0.29, 0.717) is 0 Å². The molecule has 0 spiro atoms. The predicted octanol–water partition coefficient (Wildman–Crippen LogP) is 13.5. The maximum Gasteiger partial charge on any atom is 0.256 e. The van der Waals surface area contributed by atoms with Gasteiger partial charge in [0.25, 0.3) is 20.1 Å². The number of hydrogen-bond donors (Lipinski definition) is 1. The largest absolute Gasteiger partial charge is 0.458 e. The van der Waals surface area contributed by atoms with Crippen LogP contribution in [0.1, 0.15) is 0 Å². The lowest BCUT2D eigenvalue weighted by Crippen LogP contribution is -2.65. The van der Waals surface area contributed by atoms with Crippen LogP contribution in [0.5, 0.6) is 23.0 Å². The zero-order valence-corrected chi connectivity index (χ0v) is 65.2. The molecule has 105 heavy (non-hydrogen) atoms. The highest BCUT2D eigenvalue weighted by atomic mass is 32.2. The normalized spacial score (nSPS) is 16.3. The van der Waals surface area contributed by atoms with Crippen molar-refractivity contribution in [3.05, 3.63) is 255 Å². The van der Waals surface area contributed by atoms with E-state index < -0.39 is 24.2 Å². The van der Waals surface area contributed by atoms with Gasteiger partial charge in [-0.2, -0.15) is 0 Å². The average molecular weight is 1460 g/mol. The van der Waals surface area contributed by atoms with Crippen molar-refractivity contribution in [2.45, 2.75) is 39.3 Å². The van der Waals surface area contributed by atoms with Crippen LogP contribution in [0.4, 0.5) is 96.7 Å². The van der Waals surface area contributed by atoms with Crippen molar-refractivity contribution >= 4 is 257 Å². The summed E-state index contributed by atoms with van der Waals surface area (Å²) >= 11 is 5.37. The maximum absolute atomic E-state index is 7.35. The molecule has 0 fully saturated rings. The van der Waals surface area contributed by atoms with Crippen LogP contribution in [0, 0.1) is 0 Å². The van der Waals surface area contributed by atoms with Gasteiger partial charge in [-0.1, -0.05) is 197 Å². The molecule has 1 N–H and O–H groups in total. The van der Waals surface area contributed by atoms with Gasteiger partial charge in [-0.25, -0.2) is 0 Å². The number of para-hydroxylation sites is 8. The molecule has 13 aromatic rings. The Morgan fingerprint density at radius 1 is 0.267 bits per heavy atom. The molecule has 0 aliphatic carbocycles. The minimum atomic E-state index is -2.15. The summed E-state index contributed by atoms with van der Waals surface area (Å²) in [6, 6.07) is 97.4. The van der Waals surface area contributed by atoms with E-state index in [9.17, 15) is 0 Å². The van der Waals surface area contributed by atoms with E-state index in [1.165, 1.54) is 137 Å². The van der Waals surface area contributed by atoms with Crippen LogP contribution in [-0.4, -0.2) is 63.1 Å². The van der Waals surface area contributed by atoms with Crippen LogP contribution in [0.25, 0.3) is 0 Å². The topological polar surface area (TPSA) is 49.9 Å². The lowest BCUT2D eigenvalue weighted by molar-refractivity contribution is 0.487. The maximum atomic E-state index is 7.35. The van der Waals surface area contributed by atoms with Crippen molar-refractivity contribution in [1.29, 1.82) is 0 Å². The first-order valence-electron chi connectivity index (χ1n) is 36.4. The fourth-order valence-electron chi connectivity index (χ4n) is 19.9. The summed E-state index contributed by atoms with van der Waals surface area (Å²) < 4.78 is 22.3. The summed E-state index contributed by atoms with van der Waals surface area (Å²) in [5.74, 6) is 3.54. The average Bonchev–Trinajstić information content (AvgIpc) is 0.686. The Balaban J connectivity index is 0.783. The SMILES string of the molecule is CSN1c2cc3c(cc2B2c4ccccc4Oc4cc(N5c6ccccc6[Si](C)(C)c6ccccc65)cc1c42)B1c2cc4c(cc2N(SC)c2cc(N5c6ccccc6[Si](C)(C)c6ccccc65)cc(c21)N3SC)Nc1cc(N2c3ccccc3[Si](C)(C)c3ccccc32)cc2c1B4c1ccccc1O2. The zero-order chi connectivity index (χ0) is 70.4. The highest BCUT2D eigenvalue weighted by Crippen LogP contribution is 2.53. The quantitative estimate of drug-likeness (QED) is 0.127. The molecular formula is C87H70B3N7O2S3Si3. The third-order valence-electron chi connectivity index (χ3n) is 24.6. The minimum absolute atomic E-state index is 0.135. The molecule has 0 saturated heterocycles. The third kappa shape index (κ3) is 8.38. The highest BCUT2D eigenvalue weighted by molar-refractivity contribution is 8.01. The number of fused-ring (bicyclic) bond motifs is 18. The minimum Gasteiger partial charge on any atom is -0.458 e. The monoisotopic (exact) mass is 1460 g/mol. The first-order chi connectivity index (χ1) is 51.2. The van der Waals surface area contributed by atoms with Gasteiger partial charge in [-0.15, -0.1) is 0 Å². The fourth-order valence-corrected chi connectivity index (χ4v) is 31.0. The predicted molar refractivity (Wildman–Crippen MR) is 464 cm³/mol. The lowest BCUT2D eigenvalue weighted by atomic mass is 9.29. The van der Waals surface area contributed by atoms with E-state index >= 15 is 0 Å². The Kier molecular flexibility index (Phi) is 13.2. The van der Waals surface area contributed by atoms with Crippen molar-refractivity contribution in [2.24, 2.45) is 0 Å². The van der Waals surface area contributed by atoms with Crippen LogP contribution in [0.15, 0.2) is 255 Å². The molecule has 9 heterocycles. The number of benzene rings is 13. The molecule has 9 nitrogen and oxygen atoms in total. The van der Waals surface area contributed by atoms with Gasteiger partial charge in [0.15, 0.2) is 0 Å². The lowest BCUT2D eigenvalue weighted by Gasteiger charge is -2.47. The number of anilines is 17. The molecule has 9 aliphatic rings. The Morgan fingerprint density at radius 2 is 0.581 bits per heavy atom. The molecule has 0 unspecified atom stereocenters.